The highest BCUT2D eigenvalue weighted by atomic mass is 16.4. The number of aldehydes is 1. The molecule has 0 aliphatic carbocycles. The minimum absolute atomic E-state index is 0.136. The summed E-state index contributed by atoms with van der Waals surface area (Å²) in [6.07, 6.45) is 3.49. The van der Waals surface area contributed by atoms with Crippen molar-refractivity contribution >= 4 is 12.3 Å². The predicted octanol–water partition coefficient (Wildman–Crippen LogP) is 1.37. The van der Waals surface area contributed by atoms with Crippen LogP contribution in [-0.4, -0.2) is 26.9 Å². The average molecular weight is 210 g/mol. The second-order valence-electron chi connectivity index (χ2n) is 4.42. The van der Waals surface area contributed by atoms with Crippen molar-refractivity contribution in [3.05, 3.63) is 18.2 Å². The maximum atomic E-state index is 11.1. The first kappa shape index (κ1) is 11.4. The third-order valence-corrected chi connectivity index (χ3v) is 2.14. The molecule has 0 saturated carbocycles. The third-order valence-electron chi connectivity index (χ3n) is 2.14. The lowest BCUT2D eigenvalue weighted by Gasteiger charge is -2.28. The molecule has 15 heavy (non-hydrogen) atoms. The first-order valence-corrected chi connectivity index (χ1v) is 4.58. The fraction of sp³-hybridized carbons (Fsp3) is 0.500. The van der Waals surface area contributed by atoms with Crippen molar-refractivity contribution < 1.29 is 14.7 Å². The molecular formula is C10H14N2O3. The average Bonchev–Trinajstić information content (AvgIpc) is 2.48. The van der Waals surface area contributed by atoms with Crippen molar-refractivity contribution in [1.29, 1.82) is 0 Å². The maximum Gasteiger partial charge on any atom is 0.327 e. The van der Waals surface area contributed by atoms with Gasteiger partial charge in [-0.1, -0.05) is 20.8 Å². The number of hydrogen-bond donors (Lipinski definition) is 1. The van der Waals surface area contributed by atoms with Crippen LogP contribution in [0, 0.1) is 5.41 Å². The fourth-order valence-electron chi connectivity index (χ4n) is 1.54. The number of hydrogen-bond acceptors (Lipinski definition) is 3. The summed E-state index contributed by atoms with van der Waals surface area (Å²) in [5.41, 5.74) is -0.482. The molecule has 0 aliphatic rings. The van der Waals surface area contributed by atoms with Crippen LogP contribution in [0.15, 0.2) is 12.4 Å². The molecule has 1 heterocycles. The van der Waals surface area contributed by atoms with E-state index in [0.717, 1.165) is 0 Å². The smallest absolute Gasteiger partial charge is 0.327 e. The summed E-state index contributed by atoms with van der Waals surface area (Å²) in [7, 11) is 0. The molecule has 1 aromatic heterocycles. The first-order valence-electron chi connectivity index (χ1n) is 4.58. The van der Waals surface area contributed by atoms with Crippen LogP contribution < -0.4 is 0 Å². The molecule has 0 saturated heterocycles. The van der Waals surface area contributed by atoms with Crippen LogP contribution in [-0.2, 0) is 4.79 Å². The van der Waals surface area contributed by atoms with E-state index in [2.05, 4.69) is 4.98 Å². The van der Waals surface area contributed by atoms with E-state index >= 15 is 0 Å². The summed E-state index contributed by atoms with van der Waals surface area (Å²) in [4.78, 5) is 25.6. The molecule has 1 rings (SSSR count). The molecule has 5 nitrogen and oxygen atoms in total. The van der Waals surface area contributed by atoms with E-state index in [1.165, 1.54) is 17.0 Å². The number of imidazole rings is 1. The molecule has 1 N–H and O–H groups in total. The molecule has 5 heteroatoms. The Morgan fingerprint density at radius 2 is 2.20 bits per heavy atom. The summed E-state index contributed by atoms with van der Waals surface area (Å²) in [6, 6.07) is -0.791. The number of aromatic nitrogens is 2. The zero-order chi connectivity index (χ0) is 11.6. The monoisotopic (exact) mass is 210 g/mol. The topological polar surface area (TPSA) is 72.2 Å². The van der Waals surface area contributed by atoms with Gasteiger partial charge in [-0.2, -0.15) is 0 Å². The second-order valence-corrected chi connectivity index (χ2v) is 4.42. The first-order chi connectivity index (χ1) is 6.88. The molecule has 1 aromatic rings. The van der Waals surface area contributed by atoms with Gasteiger partial charge in [0.15, 0.2) is 12.1 Å². The Labute approximate surface area is 87.7 Å². The van der Waals surface area contributed by atoms with E-state index < -0.39 is 17.4 Å². The minimum atomic E-state index is -0.969. The standard InChI is InChI=1S/C10H14N2O3/c1-10(2,3)8(9(14)15)12-5-4-11-7(12)6-13/h4-6,8H,1-3H3,(H,14,15). The van der Waals surface area contributed by atoms with Crippen LogP contribution in [0.4, 0.5) is 0 Å². The Morgan fingerprint density at radius 1 is 1.60 bits per heavy atom. The number of carboxylic acid groups (broad SMARTS) is 1. The van der Waals surface area contributed by atoms with Gasteiger partial charge in [0.05, 0.1) is 0 Å². The van der Waals surface area contributed by atoms with Crippen molar-refractivity contribution in [1.82, 2.24) is 9.55 Å². The van der Waals surface area contributed by atoms with Gasteiger partial charge in [0.25, 0.3) is 0 Å². The maximum absolute atomic E-state index is 11.1. The van der Waals surface area contributed by atoms with E-state index in [4.69, 9.17) is 5.11 Å². The largest absolute Gasteiger partial charge is 0.480 e. The lowest BCUT2D eigenvalue weighted by Crippen LogP contribution is -2.32. The normalized spacial score (nSPS) is 13.5. The number of nitrogens with zero attached hydrogens (tertiary/aromatic N) is 2. The molecule has 0 aliphatic heterocycles. The number of carbonyl (C=O) groups excluding carboxylic acids is 1. The van der Waals surface area contributed by atoms with Crippen LogP contribution in [0.1, 0.15) is 37.4 Å². The Balaban J connectivity index is 3.22. The molecular weight excluding hydrogens is 196 g/mol. The molecule has 0 spiro atoms. The number of aliphatic carboxylic acids is 1. The van der Waals surface area contributed by atoms with Gasteiger partial charge in [-0.05, 0) is 5.41 Å². The predicted molar refractivity (Wildman–Crippen MR) is 53.7 cm³/mol. The van der Waals surface area contributed by atoms with Crippen LogP contribution in [0.2, 0.25) is 0 Å². The molecule has 0 fully saturated rings. The Bertz CT molecular complexity index is 376. The lowest BCUT2D eigenvalue weighted by atomic mass is 9.86. The third kappa shape index (κ3) is 2.23. The quantitative estimate of drug-likeness (QED) is 0.765. The summed E-state index contributed by atoms with van der Waals surface area (Å²) in [6.45, 7) is 5.42. The van der Waals surface area contributed by atoms with Crippen molar-refractivity contribution in [2.24, 2.45) is 5.41 Å². The van der Waals surface area contributed by atoms with Gasteiger partial charge < -0.3 is 9.67 Å². The Morgan fingerprint density at radius 3 is 2.60 bits per heavy atom. The van der Waals surface area contributed by atoms with Crippen molar-refractivity contribution in [3.63, 3.8) is 0 Å². The zero-order valence-corrected chi connectivity index (χ0v) is 8.97. The van der Waals surface area contributed by atoms with Crippen LogP contribution in [0.25, 0.3) is 0 Å². The van der Waals surface area contributed by atoms with E-state index in [9.17, 15) is 9.59 Å². The summed E-state index contributed by atoms with van der Waals surface area (Å²) in [5, 5.41) is 9.14. The highest BCUT2D eigenvalue weighted by Crippen LogP contribution is 2.31. The van der Waals surface area contributed by atoms with Gasteiger partial charge in [0, 0.05) is 12.4 Å². The van der Waals surface area contributed by atoms with Crippen molar-refractivity contribution in [2.45, 2.75) is 26.8 Å². The SMILES string of the molecule is CC(C)(C)C(C(=O)O)n1ccnc1C=O. The molecule has 1 unspecified atom stereocenters. The van der Waals surface area contributed by atoms with Gasteiger partial charge >= 0.3 is 5.97 Å². The Hall–Kier alpha value is -1.65. The summed E-state index contributed by atoms with van der Waals surface area (Å²) in [5.74, 6) is -0.832. The van der Waals surface area contributed by atoms with E-state index in [1.807, 2.05) is 0 Å². The summed E-state index contributed by atoms with van der Waals surface area (Å²) >= 11 is 0. The van der Waals surface area contributed by atoms with E-state index in [-0.39, 0.29) is 5.82 Å². The van der Waals surface area contributed by atoms with E-state index in [1.54, 1.807) is 20.8 Å². The summed E-state index contributed by atoms with van der Waals surface area (Å²) < 4.78 is 1.38. The van der Waals surface area contributed by atoms with Gasteiger partial charge in [-0.15, -0.1) is 0 Å². The highest BCUT2D eigenvalue weighted by Gasteiger charge is 2.33. The molecule has 82 valence electrons. The van der Waals surface area contributed by atoms with Crippen LogP contribution in [0.5, 0.6) is 0 Å². The molecule has 0 amide bonds. The Kier molecular flexibility index (Phi) is 2.93. The zero-order valence-electron chi connectivity index (χ0n) is 8.97. The van der Waals surface area contributed by atoms with Crippen molar-refractivity contribution in [3.8, 4) is 0 Å². The second kappa shape index (κ2) is 3.84. The van der Waals surface area contributed by atoms with Gasteiger partial charge in [-0.25, -0.2) is 9.78 Å². The van der Waals surface area contributed by atoms with Crippen molar-refractivity contribution in [2.75, 3.05) is 0 Å². The fourth-order valence-corrected chi connectivity index (χ4v) is 1.54. The number of rotatable bonds is 3. The molecule has 0 radical (unpaired) electrons. The van der Waals surface area contributed by atoms with E-state index in [0.29, 0.717) is 6.29 Å². The van der Waals surface area contributed by atoms with Crippen LogP contribution in [0.3, 0.4) is 0 Å². The molecule has 0 aromatic carbocycles. The van der Waals surface area contributed by atoms with Gasteiger partial charge in [-0.3, -0.25) is 4.79 Å². The number of carbonyl (C=O) groups is 2. The lowest BCUT2D eigenvalue weighted by molar-refractivity contribution is -0.144. The number of carboxylic acids is 1. The van der Waals surface area contributed by atoms with Crippen LogP contribution >= 0.6 is 0 Å². The minimum Gasteiger partial charge on any atom is -0.480 e. The van der Waals surface area contributed by atoms with Gasteiger partial charge in [0.2, 0.25) is 0 Å². The molecule has 0 bridgehead atoms. The van der Waals surface area contributed by atoms with Gasteiger partial charge in [0.1, 0.15) is 6.04 Å². The molecule has 1 atom stereocenters. The highest BCUT2D eigenvalue weighted by molar-refractivity contribution is 5.76.